The van der Waals surface area contributed by atoms with Gasteiger partial charge in [0.05, 0.1) is 12.2 Å². The molecule has 1 heterocycles. The standard InChI is InChI=1S/C19H22N2O4/c1-4-7-16-15(11-20-12-17(22)25-5-2)18(23)21-19(16,24)14-9-6-8-13(3)10-14/h4,6-11,24H,5,12H2,1-3H3,(H,21,23)/b7-4-,20-11?. The van der Waals surface area contributed by atoms with Crippen LogP contribution in [0, 0.1) is 6.92 Å². The van der Waals surface area contributed by atoms with Crippen LogP contribution in [0.2, 0.25) is 0 Å². The van der Waals surface area contributed by atoms with Crippen molar-refractivity contribution in [3.8, 4) is 0 Å². The quantitative estimate of drug-likeness (QED) is 0.609. The lowest BCUT2D eigenvalue weighted by molar-refractivity contribution is -0.141. The number of aliphatic imine (C=N–C) groups is 1. The first-order valence-corrected chi connectivity index (χ1v) is 8.07. The summed E-state index contributed by atoms with van der Waals surface area (Å²) in [7, 11) is 0. The summed E-state index contributed by atoms with van der Waals surface area (Å²) < 4.78 is 4.80. The van der Waals surface area contributed by atoms with Gasteiger partial charge in [0.25, 0.3) is 5.91 Å². The van der Waals surface area contributed by atoms with Crippen molar-refractivity contribution >= 4 is 18.1 Å². The summed E-state index contributed by atoms with van der Waals surface area (Å²) in [6.07, 6.45) is 4.69. The van der Waals surface area contributed by atoms with Gasteiger partial charge in [-0.15, -0.1) is 0 Å². The van der Waals surface area contributed by atoms with Crippen molar-refractivity contribution in [3.63, 3.8) is 0 Å². The van der Waals surface area contributed by atoms with E-state index in [9.17, 15) is 14.7 Å². The maximum Gasteiger partial charge on any atom is 0.327 e. The molecule has 0 bridgehead atoms. The van der Waals surface area contributed by atoms with Crippen LogP contribution in [0.4, 0.5) is 0 Å². The molecule has 0 saturated heterocycles. The number of aliphatic hydroxyl groups is 1. The monoisotopic (exact) mass is 342 g/mol. The normalized spacial score (nSPS) is 20.6. The van der Waals surface area contributed by atoms with E-state index < -0.39 is 17.6 Å². The number of rotatable bonds is 6. The predicted octanol–water partition coefficient (Wildman–Crippen LogP) is 1.78. The fourth-order valence-electron chi connectivity index (χ4n) is 2.64. The fourth-order valence-corrected chi connectivity index (χ4v) is 2.64. The molecule has 25 heavy (non-hydrogen) atoms. The molecule has 1 atom stereocenters. The molecule has 1 unspecified atom stereocenters. The summed E-state index contributed by atoms with van der Waals surface area (Å²) in [5.74, 6) is -0.927. The summed E-state index contributed by atoms with van der Waals surface area (Å²) in [6.45, 7) is 5.50. The van der Waals surface area contributed by atoms with E-state index in [1.165, 1.54) is 6.21 Å². The average Bonchev–Trinajstić information content (AvgIpc) is 2.80. The second kappa shape index (κ2) is 7.90. The second-order valence-electron chi connectivity index (χ2n) is 5.64. The van der Waals surface area contributed by atoms with Crippen LogP contribution in [0.5, 0.6) is 0 Å². The Labute approximate surface area is 146 Å². The van der Waals surface area contributed by atoms with E-state index in [2.05, 4.69) is 10.3 Å². The van der Waals surface area contributed by atoms with E-state index in [4.69, 9.17) is 4.74 Å². The molecular weight excluding hydrogens is 320 g/mol. The number of aryl methyl sites for hydroxylation is 1. The van der Waals surface area contributed by atoms with Gasteiger partial charge in [-0.3, -0.25) is 14.6 Å². The number of ether oxygens (including phenoxy) is 1. The number of carbonyl (C=O) groups is 2. The summed E-state index contributed by atoms with van der Waals surface area (Å²) >= 11 is 0. The topological polar surface area (TPSA) is 88.0 Å². The molecule has 1 aromatic rings. The predicted molar refractivity (Wildman–Crippen MR) is 95.1 cm³/mol. The molecule has 1 aliphatic heterocycles. The molecule has 0 fully saturated rings. The minimum atomic E-state index is -1.64. The van der Waals surface area contributed by atoms with Crippen LogP contribution < -0.4 is 5.32 Å². The summed E-state index contributed by atoms with van der Waals surface area (Å²) in [4.78, 5) is 27.7. The highest BCUT2D eigenvalue weighted by molar-refractivity contribution is 6.16. The zero-order chi connectivity index (χ0) is 18.4. The van der Waals surface area contributed by atoms with Gasteiger partial charge in [-0.25, -0.2) is 0 Å². The van der Waals surface area contributed by atoms with E-state index in [-0.39, 0.29) is 18.7 Å². The Balaban J connectivity index is 2.40. The minimum Gasteiger partial charge on any atom is -0.465 e. The number of benzene rings is 1. The van der Waals surface area contributed by atoms with Gasteiger partial charge < -0.3 is 15.2 Å². The SMILES string of the molecule is C/C=C\C1=C(C=NCC(=O)OCC)C(=O)NC1(O)c1cccc(C)c1. The van der Waals surface area contributed by atoms with Gasteiger partial charge in [0.2, 0.25) is 0 Å². The Morgan fingerprint density at radius 1 is 1.44 bits per heavy atom. The molecule has 2 rings (SSSR count). The van der Waals surface area contributed by atoms with Gasteiger partial charge in [0.1, 0.15) is 6.54 Å². The lowest BCUT2D eigenvalue weighted by atomic mass is 9.93. The van der Waals surface area contributed by atoms with E-state index in [1.807, 2.05) is 25.1 Å². The van der Waals surface area contributed by atoms with Gasteiger partial charge in [-0.1, -0.05) is 42.0 Å². The molecule has 0 spiro atoms. The van der Waals surface area contributed by atoms with Crippen LogP contribution in [0.3, 0.4) is 0 Å². The number of hydrogen-bond acceptors (Lipinski definition) is 5. The van der Waals surface area contributed by atoms with Gasteiger partial charge in [-0.2, -0.15) is 0 Å². The van der Waals surface area contributed by atoms with Crippen molar-refractivity contribution in [2.45, 2.75) is 26.5 Å². The molecule has 1 aromatic carbocycles. The average molecular weight is 342 g/mol. The Hall–Kier alpha value is -2.73. The Kier molecular flexibility index (Phi) is 5.88. The van der Waals surface area contributed by atoms with Crippen molar-refractivity contribution in [3.05, 3.63) is 58.7 Å². The number of esters is 1. The van der Waals surface area contributed by atoms with Crippen LogP contribution >= 0.6 is 0 Å². The molecular formula is C19H22N2O4. The molecule has 0 saturated carbocycles. The van der Waals surface area contributed by atoms with Crippen LogP contribution in [0.15, 0.2) is 52.6 Å². The third-order valence-electron chi connectivity index (χ3n) is 3.73. The number of allylic oxidation sites excluding steroid dienone is 1. The minimum absolute atomic E-state index is 0.184. The number of hydrogen-bond donors (Lipinski definition) is 2. The number of amides is 1. The van der Waals surface area contributed by atoms with Gasteiger partial charge in [0, 0.05) is 17.4 Å². The van der Waals surface area contributed by atoms with E-state index in [0.29, 0.717) is 11.1 Å². The highest BCUT2D eigenvalue weighted by Crippen LogP contribution is 2.35. The van der Waals surface area contributed by atoms with E-state index in [0.717, 1.165) is 5.56 Å². The first-order chi connectivity index (χ1) is 11.9. The van der Waals surface area contributed by atoms with Crippen molar-refractivity contribution < 1.29 is 19.4 Å². The Bertz CT molecular complexity index is 764. The van der Waals surface area contributed by atoms with Gasteiger partial charge >= 0.3 is 5.97 Å². The second-order valence-corrected chi connectivity index (χ2v) is 5.64. The van der Waals surface area contributed by atoms with Crippen LogP contribution in [-0.2, 0) is 20.1 Å². The van der Waals surface area contributed by atoms with Crippen LogP contribution in [0.1, 0.15) is 25.0 Å². The molecule has 0 aliphatic carbocycles. The molecule has 6 heteroatoms. The largest absolute Gasteiger partial charge is 0.465 e. The summed E-state index contributed by atoms with van der Waals surface area (Å²) in [5.41, 5.74) is 0.484. The number of nitrogens with one attached hydrogen (secondary N) is 1. The highest BCUT2D eigenvalue weighted by atomic mass is 16.5. The third-order valence-corrected chi connectivity index (χ3v) is 3.73. The molecule has 0 aromatic heterocycles. The van der Waals surface area contributed by atoms with E-state index >= 15 is 0 Å². The highest BCUT2D eigenvalue weighted by Gasteiger charge is 2.43. The molecule has 1 amide bonds. The number of nitrogens with zero attached hydrogens (tertiary/aromatic N) is 1. The maximum atomic E-state index is 12.4. The lowest BCUT2D eigenvalue weighted by Crippen LogP contribution is -2.41. The fraction of sp³-hybridized carbons (Fsp3) is 0.316. The molecule has 1 aliphatic rings. The van der Waals surface area contributed by atoms with Crippen molar-refractivity contribution in [1.29, 1.82) is 0 Å². The van der Waals surface area contributed by atoms with Gasteiger partial charge in [0.15, 0.2) is 5.72 Å². The van der Waals surface area contributed by atoms with Crippen molar-refractivity contribution in [2.75, 3.05) is 13.2 Å². The van der Waals surface area contributed by atoms with E-state index in [1.54, 1.807) is 32.1 Å². The molecule has 0 radical (unpaired) electrons. The zero-order valence-electron chi connectivity index (χ0n) is 14.6. The first kappa shape index (κ1) is 18.6. The van der Waals surface area contributed by atoms with Crippen molar-refractivity contribution in [2.24, 2.45) is 4.99 Å². The van der Waals surface area contributed by atoms with Crippen LogP contribution in [0.25, 0.3) is 0 Å². The number of carbonyl (C=O) groups excluding carboxylic acids is 2. The Morgan fingerprint density at radius 2 is 2.20 bits per heavy atom. The van der Waals surface area contributed by atoms with Gasteiger partial charge in [-0.05, 0) is 20.8 Å². The third kappa shape index (κ3) is 4.03. The van der Waals surface area contributed by atoms with Crippen molar-refractivity contribution in [1.82, 2.24) is 5.32 Å². The van der Waals surface area contributed by atoms with Crippen LogP contribution in [-0.4, -0.2) is 36.3 Å². The first-order valence-electron chi connectivity index (χ1n) is 8.07. The lowest BCUT2D eigenvalue weighted by Gasteiger charge is -2.26. The smallest absolute Gasteiger partial charge is 0.327 e. The molecule has 132 valence electrons. The molecule has 6 nitrogen and oxygen atoms in total. The maximum absolute atomic E-state index is 12.4. The summed E-state index contributed by atoms with van der Waals surface area (Å²) in [6, 6.07) is 7.28. The zero-order valence-corrected chi connectivity index (χ0v) is 14.6. The summed E-state index contributed by atoms with van der Waals surface area (Å²) in [5, 5.41) is 13.7. The Morgan fingerprint density at radius 3 is 2.84 bits per heavy atom. The molecule has 2 N–H and O–H groups in total.